The first-order chi connectivity index (χ1) is 17.5. The Hall–Kier alpha value is -3.64. The van der Waals surface area contributed by atoms with Gasteiger partial charge in [0.2, 0.25) is 0 Å². The lowest BCUT2D eigenvalue weighted by atomic mass is 9.79. The second-order valence-corrected chi connectivity index (χ2v) is 10.1. The van der Waals surface area contributed by atoms with Crippen molar-refractivity contribution in [2.45, 2.75) is 53.4 Å². The second-order valence-electron chi connectivity index (χ2n) is 10.1. The van der Waals surface area contributed by atoms with Crippen LogP contribution in [0.1, 0.15) is 59.1 Å². The first-order valence-corrected chi connectivity index (χ1v) is 13.4. The third-order valence-electron chi connectivity index (χ3n) is 7.36. The maximum Gasteiger partial charge on any atom is 0.0165 e. The summed E-state index contributed by atoms with van der Waals surface area (Å²) in [5, 5.41) is 10.6. The van der Waals surface area contributed by atoms with Crippen LogP contribution in [0.3, 0.4) is 0 Å². The maximum atomic E-state index is 2.46. The van der Waals surface area contributed by atoms with Gasteiger partial charge in [-0.3, -0.25) is 0 Å². The maximum absolute atomic E-state index is 2.46. The Morgan fingerprint density at radius 1 is 0.500 bits per heavy atom. The van der Waals surface area contributed by atoms with Gasteiger partial charge in [0.25, 0.3) is 0 Å². The molecule has 1 aliphatic rings. The summed E-state index contributed by atoms with van der Waals surface area (Å²) in [5.74, 6) is 0. The summed E-state index contributed by atoms with van der Waals surface area (Å²) in [6.07, 6.45) is 1.25. The van der Waals surface area contributed by atoms with Crippen LogP contribution in [-0.4, -0.2) is 0 Å². The van der Waals surface area contributed by atoms with E-state index in [1.54, 1.807) is 0 Å². The molecule has 0 radical (unpaired) electrons. The number of benzene rings is 6. The molecule has 0 amide bonds. The van der Waals surface area contributed by atoms with Gasteiger partial charge >= 0.3 is 0 Å². The highest BCUT2D eigenvalue weighted by Gasteiger charge is 2.37. The molecule has 0 N–H and O–H groups in total. The molecule has 0 nitrogen and oxygen atoms in total. The van der Waals surface area contributed by atoms with Gasteiger partial charge in [-0.25, -0.2) is 0 Å². The van der Waals surface area contributed by atoms with Crippen molar-refractivity contribution in [1.82, 2.24) is 0 Å². The van der Waals surface area contributed by atoms with Crippen LogP contribution >= 0.6 is 0 Å². The fourth-order valence-electron chi connectivity index (χ4n) is 5.84. The summed E-state index contributed by atoms with van der Waals surface area (Å²) in [7, 11) is 0. The van der Waals surface area contributed by atoms with Gasteiger partial charge in [-0.1, -0.05) is 121 Å². The smallest absolute Gasteiger partial charge is 0.0165 e. The van der Waals surface area contributed by atoms with Crippen LogP contribution in [-0.2, 0) is 5.41 Å². The molecule has 0 saturated heterocycles. The van der Waals surface area contributed by atoms with Crippen LogP contribution in [0.25, 0.3) is 54.2 Å². The average Bonchev–Trinajstić information content (AvgIpc) is 3.14. The molecule has 0 unspecified atom stereocenters. The van der Waals surface area contributed by atoms with Gasteiger partial charge in [-0.15, -0.1) is 0 Å². The average molecular weight is 469 g/mol. The van der Waals surface area contributed by atoms with E-state index in [0.717, 1.165) is 0 Å². The van der Waals surface area contributed by atoms with Crippen molar-refractivity contribution < 1.29 is 0 Å². The van der Waals surface area contributed by atoms with Gasteiger partial charge in [0, 0.05) is 5.41 Å². The molecule has 0 bridgehead atoms. The molecule has 0 saturated carbocycles. The summed E-state index contributed by atoms with van der Waals surface area (Å²) in [6, 6.07) is 36.2. The molecule has 6 aromatic carbocycles. The SMILES string of the molecule is CC.CC1(C)c2cc3c(ccc4ccccc43)cc2-c2ccc3cc4ccccc4cc3c21.CCC. The van der Waals surface area contributed by atoms with E-state index >= 15 is 0 Å². The molecule has 180 valence electrons. The van der Waals surface area contributed by atoms with Crippen LogP contribution in [0.5, 0.6) is 0 Å². The fourth-order valence-corrected chi connectivity index (χ4v) is 5.84. The van der Waals surface area contributed by atoms with E-state index in [2.05, 4.69) is 125 Å². The number of rotatable bonds is 0. The molecule has 0 aromatic heterocycles. The Morgan fingerprint density at radius 2 is 1.06 bits per heavy atom. The van der Waals surface area contributed by atoms with Crippen LogP contribution in [0.15, 0.2) is 97.1 Å². The minimum Gasteiger partial charge on any atom is -0.0683 e. The molecule has 7 rings (SSSR count). The van der Waals surface area contributed by atoms with Gasteiger partial charge in [-0.2, -0.15) is 0 Å². The molecule has 36 heavy (non-hydrogen) atoms. The van der Waals surface area contributed by atoms with E-state index in [1.165, 1.54) is 71.8 Å². The highest BCUT2D eigenvalue weighted by atomic mass is 14.4. The topological polar surface area (TPSA) is 0 Å². The third kappa shape index (κ3) is 3.68. The summed E-state index contributed by atoms with van der Waals surface area (Å²) in [4.78, 5) is 0. The molecule has 6 aromatic rings. The van der Waals surface area contributed by atoms with E-state index in [9.17, 15) is 0 Å². The predicted octanol–water partition coefficient (Wildman–Crippen LogP) is 11.0. The molecule has 0 spiro atoms. The lowest BCUT2D eigenvalue weighted by Gasteiger charge is -2.24. The van der Waals surface area contributed by atoms with Crippen molar-refractivity contribution in [3.8, 4) is 11.1 Å². The molecule has 0 aliphatic heterocycles. The van der Waals surface area contributed by atoms with Crippen molar-refractivity contribution >= 4 is 43.1 Å². The molecule has 0 fully saturated rings. The van der Waals surface area contributed by atoms with E-state index in [-0.39, 0.29) is 5.41 Å². The first kappa shape index (κ1) is 24.1. The van der Waals surface area contributed by atoms with Gasteiger partial charge < -0.3 is 0 Å². The molecule has 1 aliphatic carbocycles. The van der Waals surface area contributed by atoms with Gasteiger partial charge in [-0.05, 0) is 89.6 Å². The monoisotopic (exact) mass is 468 g/mol. The van der Waals surface area contributed by atoms with Crippen molar-refractivity contribution in [1.29, 1.82) is 0 Å². The number of fused-ring (bicyclic) bond motifs is 9. The Labute approximate surface area is 215 Å². The molecule has 0 heteroatoms. The fraction of sp³-hybridized carbons (Fsp3) is 0.222. The van der Waals surface area contributed by atoms with Gasteiger partial charge in [0.15, 0.2) is 0 Å². The van der Waals surface area contributed by atoms with Crippen LogP contribution in [0.4, 0.5) is 0 Å². The first-order valence-electron chi connectivity index (χ1n) is 13.4. The van der Waals surface area contributed by atoms with Gasteiger partial charge in [0.05, 0.1) is 0 Å². The normalized spacial score (nSPS) is 13.1. The number of hydrogen-bond acceptors (Lipinski definition) is 0. The quantitative estimate of drug-likeness (QED) is 0.154. The Balaban J connectivity index is 0.000000499. The highest BCUT2D eigenvalue weighted by Crippen LogP contribution is 2.53. The van der Waals surface area contributed by atoms with Crippen LogP contribution in [0.2, 0.25) is 0 Å². The van der Waals surface area contributed by atoms with Gasteiger partial charge in [0.1, 0.15) is 0 Å². The van der Waals surface area contributed by atoms with E-state index in [4.69, 9.17) is 0 Å². The zero-order chi connectivity index (χ0) is 25.4. The zero-order valence-corrected chi connectivity index (χ0v) is 22.4. The standard InChI is InChI=1S/C31H22.C3H8.C2H6/c1-31(2)29-18-26-23(12-11-19-7-5-6-10-24(19)26)17-28(29)25-14-13-22-15-20-8-3-4-9-21(20)16-27(22)30(25)31;1-3-2;1-2/h3-18H,1-2H3;3H2,1-2H3;1-2H3. The summed E-state index contributed by atoms with van der Waals surface area (Å²) in [6.45, 7) is 13.0. The van der Waals surface area contributed by atoms with E-state index in [1.807, 2.05) is 13.8 Å². The predicted molar refractivity (Wildman–Crippen MR) is 161 cm³/mol. The van der Waals surface area contributed by atoms with E-state index in [0.29, 0.717) is 0 Å². The highest BCUT2D eigenvalue weighted by molar-refractivity contribution is 6.11. The lowest BCUT2D eigenvalue weighted by molar-refractivity contribution is 0.667. The minimum atomic E-state index is -0.0439. The van der Waals surface area contributed by atoms with Crippen molar-refractivity contribution in [2.24, 2.45) is 0 Å². The Kier molecular flexibility index (Phi) is 6.31. The summed E-state index contributed by atoms with van der Waals surface area (Å²) < 4.78 is 0. The van der Waals surface area contributed by atoms with Crippen LogP contribution < -0.4 is 0 Å². The second kappa shape index (κ2) is 9.43. The molecule has 0 atom stereocenters. The molecular formula is C36H36. The molecule has 0 heterocycles. The number of hydrogen-bond donors (Lipinski definition) is 0. The van der Waals surface area contributed by atoms with Crippen molar-refractivity contribution in [3.05, 3.63) is 108 Å². The third-order valence-corrected chi connectivity index (χ3v) is 7.36. The Bertz CT molecular complexity index is 1720. The minimum absolute atomic E-state index is 0.0439. The largest absolute Gasteiger partial charge is 0.0683 e. The zero-order valence-electron chi connectivity index (χ0n) is 22.4. The lowest BCUT2D eigenvalue weighted by Crippen LogP contribution is -2.15. The van der Waals surface area contributed by atoms with Crippen molar-refractivity contribution in [3.63, 3.8) is 0 Å². The Morgan fingerprint density at radius 3 is 1.78 bits per heavy atom. The molecular weight excluding hydrogens is 432 g/mol. The van der Waals surface area contributed by atoms with Crippen molar-refractivity contribution in [2.75, 3.05) is 0 Å². The summed E-state index contributed by atoms with van der Waals surface area (Å²) in [5.41, 5.74) is 5.63. The van der Waals surface area contributed by atoms with E-state index < -0.39 is 0 Å². The summed E-state index contributed by atoms with van der Waals surface area (Å²) >= 11 is 0. The van der Waals surface area contributed by atoms with Crippen LogP contribution in [0, 0.1) is 0 Å².